The number of unbranched alkanes of at least 4 members (excludes halogenated alkanes) is 1. The highest BCUT2D eigenvalue weighted by Gasteiger charge is 2.10. The Labute approximate surface area is 89.4 Å². The van der Waals surface area contributed by atoms with Crippen molar-refractivity contribution in [1.82, 2.24) is 0 Å². The molecule has 0 aliphatic heterocycles. The van der Waals surface area contributed by atoms with Gasteiger partial charge in [0.1, 0.15) is 0 Å². The Hall–Kier alpha value is -1.36. The molecule has 0 bridgehead atoms. The van der Waals surface area contributed by atoms with Gasteiger partial charge >= 0.3 is 11.9 Å². The highest BCUT2D eigenvalue weighted by Crippen LogP contribution is 1.99. The Morgan fingerprint density at radius 3 is 2.27 bits per heavy atom. The van der Waals surface area contributed by atoms with Gasteiger partial charge in [0.2, 0.25) is 0 Å². The van der Waals surface area contributed by atoms with Crippen molar-refractivity contribution in [3.63, 3.8) is 0 Å². The van der Waals surface area contributed by atoms with Gasteiger partial charge in [0, 0.05) is 6.92 Å². The lowest BCUT2D eigenvalue weighted by atomic mass is 10.2. The Kier molecular flexibility index (Phi) is 11.5. The summed E-state index contributed by atoms with van der Waals surface area (Å²) in [6.07, 6.45) is 2.00. The third-order valence-electron chi connectivity index (χ3n) is 1.37. The van der Waals surface area contributed by atoms with Crippen molar-refractivity contribution < 1.29 is 24.5 Å². The standard InChI is InChI=1S/C6H12O3.C4H6O2/c1-2-3-4-5(7)6(8)9;1-3-6-4(2)5/h5,7H,2-4H2,1H3,(H,8,9);3H,1H2,2H3. The molecule has 0 amide bonds. The Morgan fingerprint density at radius 2 is 2.07 bits per heavy atom. The minimum Gasteiger partial charge on any atom is -0.479 e. The summed E-state index contributed by atoms with van der Waals surface area (Å²) in [5.41, 5.74) is 0. The van der Waals surface area contributed by atoms with Crippen LogP contribution in [-0.4, -0.2) is 28.3 Å². The molecular weight excluding hydrogens is 200 g/mol. The molecule has 88 valence electrons. The molecule has 1 atom stereocenters. The van der Waals surface area contributed by atoms with E-state index in [0.717, 1.165) is 19.1 Å². The minimum absolute atomic E-state index is 0.329. The normalized spacial score (nSPS) is 10.6. The van der Waals surface area contributed by atoms with E-state index in [1.807, 2.05) is 6.92 Å². The summed E-state index contributed by atoms with van der Waals surface area (Å²) in [4.78, 5) is 19.7. The fourth-order valence-electron chi connectivity index (χ4n) is 0.638. The number of carboxylic acids is 1. The highest BCUT2D eigenvalue weighted by molar-refractivity contribution is 5.71. The molecule has 0 heterocycles. The van der Waals surface area contributed by atoms with Crippen LogP contribution in [0, 0.1) is 0 Å². The lowest BCUT2D eigenvalue weighted by Crippen LogP contribution is -2.18. The first-order chi connectivity index (χ1) is 6.95. The van der Waals surface area contributed by atoms with Gasteiger partial charge in [-0.2, -0.15) is 0 Å². The minimum atomic E-state index is -1.16. The number of ether oxygens (including phenoxy) is 1. The molecule has 1 unspecified atom stereocenters. The van der Waals surface area contributed by atoms with Gasteiger partial charge in [-0.3, -0.25) is 4.79 Å². The van der Waals surface area contributed by atoms with E-state index in [9.17, 15) is 9.59 Å². The second kappa shape index (κ2) is 10.7. The van der Waals surface area contributed by atoms with Crippen LogP contribution in [0.2, 0.25) is 0 Å². The lowest BCUT2D eigenvalue weighted by Gasteiger charge is -2.01. The van der Waals surface area contributed by atoms with Crippen LogP contribution < -0.4 is 0 Å². The second-order valence-corrected chi connectivity index (χ2v) is 2.77. The molecular formula is C10H18O5. The van der Waals surface area contributed by atoms with E-state index in [-0.39, 0.29) is 5.97 Å². The van der Waals surface area contributed by atoms with Crippen molar-refractivity contribution in [2.75, 3.05) is 0 Å². The number of esters is 1. The summed E-state index contributed by atoms with van der Waals surface area (Å²) in [6, 6.07) is 0. The number of carboxylic acid groups (broad SMARTS) is 1. The predicted molar refractivity (Wildman–Crippen MR) is 55.1 cm³/mol. The SMILES string of the molecule is C=COC(C)=O.CCCCC(O)C(=O)O. The molecule has 5 heteroatoms. The lowest BCUT2D eigenvalue weighted by molar-refractivity contribution is -0.147. The predicted octanol–water partition coefficient (Wildman–Crippen LogP) is 1.32. The zero-order valence-corrected chi connectivity index (χ0v) is 9.10. The number of rotatable bonds is 5. The highest BCUT2D eigenvalue weighted by atomic mass is 16.5. The molecule has 5 nitrogen and oxygen atoms in total. The van der Waals surface area contributed by atoms with Gasteiger partial charge in [-0.25, -0.2) is 4.79 Å². The van der Waals surface area contributed by atoms with E-state index in [1.165, 1.54) is 6.92 Å². The van der Waals surface area contributed by atoms with Crippen molar-refractivity contribution in [2.45, 2.75) is 39.2 Å². The van der Waals surface area contributed by atoms with Crippen LogP contribution in [0.4, 0.5) is 0 Å². The van der Waals surface area contributed by atoms with E-state index < -0.39 is 12.1 Å². The summed E-state index contributed by atoms with van der Waals surface area (Å²) >= 11 is 0. The van der Waals surface area contributed by atoms with Gasteiger partial charge in [0.25, 0.3) is 0 Å². The van der Waals surface area contributed by atoms with E-state index in [4.69, 9.17) is 10.2 Å². The van der Waals surface area contributed by atoms with Gasteiger partial charge < -0.3 is 14.9 Å². The number of carbonyl (C=O) groups excluding carboxylic acids is 1. The number of carbonyl (C=O) groups is 2. The van der Waals surface area contributed by atoms with E-state index in [2.05, 4.69) is 11.3 Å². The Bertz CT molecular complexity index is 200. The van der Waals surface area contributed by atoms with Gasteiger partial charge in [0.05, 0.1) is 6.26 Å². The maximum atomic E-state index is 9.96. The summed E-state index contributed by atoms with van der Waals surface area (Å²) < 4.78 is 4.17. The molecule has 0 aromatic rings. The van der Waals surface area contributed by atoms with Crippen molar-refractivity contribution in [2.24, 2.45) is 0 Å². The van der Waals surface area contributed by atoms with Crippen molar-refractivity contribution >= 4 is 11.9 Å². The number of aliphatic carboxylic acids is 1. The smallest absolute Gasteiger partial charge is 0.332 e. The van der Waals surface area contributed by atoms with Crippen molar-refractivity contribution in [1.29, 1.82) is 0 Å². The van der Waals surface area contributed by atoms with Crippen molar-refractivity contribution in [3.8, 4) is 0 Å². The molecule has 0 aliphatic rings. The van der Waals surface area contributed by atoms with Crippen LogP contribution >= 0.6 is 0 Å². The maximum Gasteiger partial charge on any atom is 0.332 e. The summed E-state index contributed by atoms with van der Waals surface area (Å²) in [5, 5.41) is 16.8. The van der Waals surface area contributed by atoms with Crippen LogP contribution in [-0.2, 0) is 14.3 Å². The fourth-order valence-corrected chi connectivity index (χ4v) is 0.638. The van der Waals surface area contributed by atoms with Crippen LogP contribution in [0.5, 0.6) is 0 Å². The zero-order valence-electron chi connectivity index (χ0n) is 9.10. The number of hydrogen-bond acceptors (Lipinski definition) is 4. The quantitative estimate of drug-likeness (QED) is 0.537. The number of aliphatic hydroxyl groups excluding tert-OH is 1. The number of aliphatic hydroxyl groups is 1. The Morgan fingerprint density at radius 1 is 1.53 bits per heavy atom. The molecule has 0 saturated carbocycles. The Balaban J connectivity index is 0. The molecule has 0 aromatic carbocycles. The average molecular weight is 218 g/mol. The van der Waals surface area contributed by atoms with Gasteiger partial charge in [-0.15, -0.1) is 0 Å². The third-order valence-corrected chi connectivity index (χ3v) is 1.37. The first-order valence-corrected chi connectivity index (χ1v) is 4.64. The molecule has 15 heavy (non-hydrogen) atoms. The molecule has 0 radical (unpaired) electrons. The summed E-state index contributed by atoms with van der Waals surface area (Å²) in [5.74, 6) is -1.45. The van der Waals surface area contributed by atoms with E-state index in [1.54, 1.807) is 0 Å². The first kappa shape index (κ1) is 16.1. The monoisotopic (exact) mass is 218 g/mol. The third kappa shape index (κ3) is 15.4. The van der Waals surface area contributed by atoms with Crippen molar-refractivity contribution in [3.05, 3.63) is 12.8 Å². The molecule has 0 saturated heterocycles. The van der Waals surface area contributed by atoms with Crippen LogP contribution in [0.3, 0.4) is 0 Å². The maximum absolute atomic E-state index is 9.96. The van der Waals surface area contributed by atoms with Crippen LogP contribution in [0.15, 0.2) is 12.8 Å². The second-order valence-electron chi connectivity index (χ2n) is 2.77. The topological polar surface area (TPSA) is 83.8 Å². The van der Waals surface area contributed by atoms with E-state index in [0.29, 0.717) is 6.42 Å². The number of hydrogen-bond donors (Lipinski definition) is 2. The van der Waals surface area contributed by atoms with E-state index >= 15 is 0 Å². The molecule has 2 N–H and O–H groups in total. The first-order valence-electron chi connectivity index (χ1n) is 4.64. The zero-order chi connectivity index (χ0) is 12.3. The molecule has 0 aromatic heterocycles. The molecule has 0 aliphatic carbocycles. The average Bonchev–Trinajstić information content (AvgIpc) is 2.14. The molecule has 0 spiro atoms. The largest absolute Gasteiger partial charge is 0.479 e. The summed E-state index contributed by atoms with van der Waals surface area (Å²) in [7, 11) is 0. The van der Waals surface area contributed by atoms with Gasteiger partial charge in [-0.1, -0.05) is 26.3 Å². The summed E-state index contributed by atoms with van der Waals surface area (Å²) in [6.45, 7) is 6.43. The van der Waals surface area contributed by atoms with Crippen LogP contribution in [0.25, 0.3) is 0 Å². The molecule has 0 fully saturated rings. The van der Waals surface area contributed by atoms with Crippen LogP contribution in [0.1, 0.15) is 33.1 Å². The molecule has 0 rings (SSSR count). The van der Waals surface area contributed by atoms with Gasteiger partial charge in [-0.05, 0) is 6.42 Å². The fraction of sp³-hybridized carbons (Fsp3) is 0.600. The van der Waals surface area contributed by atoms with Gasteiger partial charge in [0.15, 0.2) is 6.10 Å².